The van der Waals surface area contributed by atoms with Crippen molar-refractivity contribution in [1.29, 1.82) is 0 Å². The molecular weight excluding hydrogens is 238 g/mol. The molecule has 0 bridgehead atoms. The lowest BCUT2D eigenvalue weighted by molar-refractivity contribution is -0.120. The van der Waals surface area contributed by atoms with E-state index in [0.29, 0.717) is 0 Å². The molecule has 104 valence electrons. The van der Waals surface area contributed by atoms with Crippen LogP contribution < -0.4 is 15.5 Å². The fourth-order valence-corrected chi connectivity index (χ4v) is 2.38. The first-order valence-electron chi connectivity index (χ1n) is 6.87. The van der Waals surface area contributed by atoms with Crippen molar-refractivity contribution in [3.8, 4) is 0 Å². The molecule has 0 spiro atoms. The van der Waals surface area contributed by atoms with Crippen LogP contribution in [0, 0.1) is 12.8 Å². The van der Waals surface area contributed by atoms with Gasteiger partial charge in [0, 0.05) is 32.0 Å². The van der Waals surface area contributed by atoms with Crippen LogP contribution in [0.15, 0.2) is 18.2 Å². The van der Waals surface area contributed by atoms with Crippen molar-refractivity contribution >= 4 is 17.3 Å². The summed E-state index contributed by atoms with van der Waals surface area (Å²) in [6, 6.07) is 6.11. The first kappa shape index (κ1) is 13.9. The number of carbonyl (C=O) groups excluding carboxylic acids is 1. The molecule has 1 aliphatic rings. The molecule has 1 amide bonds. The van der Waals surface area contributed by atoms with Crippen LogP contribution in [0.25, 0.3) is 0 Å². The molecule has 0 saturated carbocycles. The van der Waals surface area contributed by atoms with Gasteiger partial charge >= 0.3 is 0 Å². The van der Waals surface area contributed by atoms with Gasteiger partial charge in [-0.25, -0.2) is 0 Å². The Morgan fingerprint density at radius 1 is 1.42 bits per heavy atom. The molecule has 0 aliphatic carbocycles. The summed E-state index contributed by atoms with van der Waals surface area (Å²) < 4.78 is 0. The molecule has 0 aromatic heterocycles. The minimum atomic E-state index is 0.0988. The van der Waals surface area contributed by atoms with E-state index in [-0.39, 0.29) is 11.8 Å². The zero-order valence-corrected chi connectivity index (χ0v) is 12.0. The lowest BCUT2D eigenvalue weighted by Gasteiger charge is -2.22. The summed E-state index contributed by atoms with van der Waals surface area (Å²) in [5.41, 5.74) is 3.17. The summed E-state index contributed by atoms with van der Waals surface area (Å²) in [7, 11) is 4.03. The Bertz CT molecular complexity index is 451. The molecule has 0 unspecified atom stereocenters. The Morgan fingerprint density at radius 2 is 2.21 bits per heavy atom. The highest BCUT2D eigenvalue weighted by Gasteiger charge is 2.21. The van der Waals surface area contributed by atoms with Gasteiger partial charge in [0.25, 0.3) is 0 Å². The lowest BCUT2D eigenvalue weighted by atomic mass is 9.98. The van der Waals surface area contributed by atoms with E-state index in [0.717, 1.165) is 42.9 Å². The zero-order valence-electron chi connectivity index (χ0n) is 12.0. The standard InChI is InChI=1S/C15H23N3O/c1-11-9-13(18(2)3)6-7-14(11)17-15(19)12-5-4-8-16-10-12/h6-7,9,12,16H,4-5,8,10H2,1-3H3,(H,17,19)/t12-/m0/s1. The second-order valence-corrected chi connectivity index (χ2v) is 5.43. The van der Waals surface area contributed by atoms with Gasteiger partial charge in [-0.15, -0.1) is 0 Å². The van der Waals surface area contributed by atoms with Crippen LogP contribution in [0.2, 0.25) is 0 Å². The molecule has 0 radical (unpaired) electrons. The lowest BCUT2D eigenvalue weighted by Crippen LogP contribution is -2.37. The van der Waals surface area contributed by atoms with Crippen molar-refractivity contribution < 1.29 is 4.79 Å². The van der Waals surface area contributed by atoms with Gasteiger partial charge < -0.3 is 15.5 Å². The van der Waals surface area contributed by atoms with E-state index < -0.39 is 0 Å². The van der Waals surface area contributed by atoms with Crippen LogP contribution in [0.3, 0.4) is 0 Å². The molecule has 1 aromatic rings. The third-order valence-corrected chi connectivity index (χ3v) is 3.65. The van der Waals surface area contributed by atoms with Gasteiger partial charge in [-0.3, -0.25) is 4.79 Å². The molecule has 2 N–H and O–H groups in total. The molecule has 1 fully saturated rings. The predicted octanol–water partition coefficient (Wildman–Crippen LogP) is 2.00. The van der Waals surface area contributed by atoms with Crippen molar-refractivity contribution in [3.63, 3.8) is 0 Å². The number of carbonyl (C=O) groups is 1. The Hall–Kier alpha value is -1.55. The SMILES string of the molecule is Cc1cc(N(C)C)ccc1NC(=O)[C@H]1CCCNC1. The number of aryl methyl sites for hydroxylation is 1. The van der Waals surface area contributed by atoms with E-state index in [1.54, 1.807) is 0 Å². The van der Waals surface area contributed by atoms with E-state index in [4.69, 9.17) is 0 Å². The fourth-order valence-electron chi connectivity index (χ4n) is 2.38. The first-order valence-corrected chi connectivity index (χ1v) is 6.87. The summed E-state index contributed by atoms with van der Waals surface area (Å²) in [5.74, 6) is 0.231. The summed E-state index contributed by atoms with van der Waals surface area (Å²) in [6.45, 7) is 3.85. The number of hydrogen-bond donors (Lipinski definition) is 2. The molecule has 1 heterocycles. The molecule has 1 aliphatic heterocycles. The maximum Gasteiger partial charge on any atom is 0.228 e. The molecule has 19 heavy (non-hydrogen) atoms. The smallest absolute Gasteiger partial charge is 0.228 e. The highest BCUT2D eigenvalue weighted by Crippen LogP contribution is 2.22. The summed E-state index contributed by atoms with van der Waals surface area (Å²) in [6.07, 6.45) is 2.06. The highest BCUT2D eigenvalue weighted by atomic mass is 16.1. The molecule has 2 rings (SSSR count). The summed E-state index contributed by atoms with van der Waals surface area (Å²) >= 11 is 0. The second-order valence-electron chi connectivity index (χ2n) is 5.43. The Morgan fingerprint density at radius 3 is 2.79 bits per heavy atom. The van der Waals surface area contributed by atoms with Crippen LogP contribution in [-0.4, -0.2) is 33.1 Å². The normalized spacial score (nSPS) is 19.0. The second kappa shape index (κ2) is 6.06. The molecular formula is C15H23N3O. The highest BCUT2D eigenvalue weighted by molar-refractivity contribution is 5.93. The Labute approximate surface area is 115 Å². The minimum Gasteiger partial charge on any atom is -0.378 e. The maximum absolute atomic E-state index is 12.2. The third kappa shape index (κ3) is 3.47. The molecule has 1 saturated heterocycles. The van der Waals surface area contributed by atoms with Crippen LogP contribution >= 0.6 is 0 Å². The van der Waals surface area contributed by atoms with E-state index in [1.807, 2.05) is 33.2 Å². The number of piperidine rings is 1. The Balaban J connectivity index is 2.04. The van der Waals surface area contributed by atoms with Crippen LogP contribution in [0.4, 0.5) is 11.4 Å². The minimum absolute atomic E-state index is 0.0988. The number of anilines is 2. The maximum atomic E-state index is 12.2. The largest absolute Gasteiger partial charge is 0.378 e. The van der Waals surface area contributed by atoms with Gasteiger partial charge in [0.1, 0.15) is 0 Å². The molecule has 4 heteroatoms. The molecule has 1 aromatic carbocycles. The summed E-state index contributed by atoms with van der Waals surface area (Å²) in [5, 5.41) is 6.32. The summed E-state index contributed by atoms with van der Waals surface area (Å²) in [4.78, 5) is 14.2. The van der Waals surface area contributed by atoms with E-state index in [2.05, 4.69) is 21.6 Å². The molecule has 4 nitrogen and oxygen atoms in total. The van der Waals surface area contributed by atoms with E-state index >= 15 is 0 Å². The fraction of sp³-hybridized carbons (Fsp3) is 0.533. The van der Waals surface area contributed by atoms with Crippen molar-refractivity contribution in [3.05, 3.63) is 23.8 Å². The average molecular weight is 261 g/mol. The van der Waals surface area contributed by atoms with Gasteiger partial charge in [0.05, 0.1) is 5.92 Å². The monoisotopic (exact) mass is 261 g/mol. The van der Waals surface area contributed by atoms with E-state index in [1.165, 1.54) is 0 Å². The zero-order chi connectivity index (χ0) is 13.8. The van der Waals surface area contributed by atoms with Crippen LogP contribution in [-0.2, 0) is 4.79 Å². The average Bonchev–Trinajstić information content (AvgIpc) is 2.41. The van der Waals surface area contributed by atoms with Gasteiger partial charge in [-0.05, 0) is 50.1 Å². The number of hydrogen-bond acceptors (Lipinski definition) is 3. The van der Waals surface area contributed by atoms with Crippen molar-refractivity contribution in [2.75, 3.05) is 37.4 Å². The number of rotatable bonds is 3. The van der Waals surface area contributed by atoms with E-state index in [9.17, 15) is 4.79 Å². The quantitative estimate of drug-likeness (QED) is 0.874. The van der Waals surface area contributed by atoms with Crippen molar-refractivity contribution in [1.82, 2.24) is 5.32 Å². The number of nitrogens with zero attached hydrogens (tertiary/aromatic N) is 1. The molecule has 1 atom stereocenters. The first-order chi connectivity index (χ1) is 9.08. The third-order valence-electron chi connectivity index (χ3n) is 3.65. The van der Waals surface area contributed by atoms with Crippen LogP contribution in [0.1, 0.15) is 18.4 Å². The van der Waals surface area contributed by atoms with Gasteiger partial charge in [-0.2, -0.15) is 0 Å². The number of amides is 1. The van der Waals surface area contributed by atoms with Gasteiger partial charge in [-0.1, -0.05) is 0 Å². The number of nitrogens with one attached hydrogen (secondary N) is 2. The topological polar surface area (TPSA) is 44.4 Å². The van der Waals surface area contributed by atoms with Crippen molar-refractivity contribution in [2.45, 2.75) is 19.8 Å². The van der Waals surface area contributed by atoms with Crippen molar-refractivity contribution in [2.24, 2.45) is 5.92 Å². The Kier molecular flexibility index (Phi) is 4.43. The number of benzene rings is 1. The predicted molar refractivity (Wildman–Crippen MR) is 79.7 cm³/mol. The van der Waals surface area contributed by atoms with Gasteiger partial charge in [0.2, 0.25) is 5.91 Å². The van der Waals surface area contributed by atoms with Crippen LogP contribution in [0.5, 0.6) is 0 Å². The van der Waals surface area contributed by atoms with Gasteiger partial charge in [0.15, 0.2) is 0 Å².